The molecule has 1 heterocycles. The molecule has 0 aliphatic heterocycles. The van der Waals surface area contributed by atoms with E-state index in [9.17, 15) is 9.18 Å². The van der Waals surface area contributed by atoms with Gasteiger partial charge in [-0.05, 0) is 37.0 Å². The lowest BCUT2D eigenvalue weighted by atomic mass is 9.96. The second-order valence-electron chi connectivity index (χ2n) is 6.10. The Hall–Kier alpha value is -2.24. The van der Waals surface area contributed by atoms with Crippen LogP contribution < -0.4 is 5.32 Å². The first kappa shape index (κ1) is 15.6. The molecule has 23 heavy (non-hydrogen) atoms. The molecule has 1 saturated carbocycles. The van der Waals surface area contributed by atoms with Crippen LogP contribution in [-0.2, 0) is 16.8 Å². The van der Waals surface area contributed by atoms with Crippen molar-refractivity contribution in [1.82, 2.24) is 15.5 Å². The molecular formula is C17H20FN3O2. The molecule has 0 unspecified atom stereocenters. The highest BCUT2D eigenvalue weighted by Crippen LogP contribution is 2.37. The molecule has 1 aromatic heterocycles. The van der Waals surface area contributed by atoms with E-state index >= 15 is 0 Å². The van der Waals surface area contributed by atoms with E-state index in [2.05, 4.69) is 15.5 Å². The molecule has 3 rings (SSSR count). The molecule has 1 amide bonds. The summed E-state index contributed by atoms with van der Waals surface area (Å²) in [5.74, 6) is 0.711. The summed E-state index contributed by atoms with van der Waals surface area (Å²) in [6.07, 6.45) is 4.50. The van der Waals surface area contributed by atoms with Crippen LogP contribution in [0.1, 0.15) is 49.4 Å². The number of nitrogens with one attached hydrogen (secondary N) is 1. The number of hydrogen-bond acceptors (Lipinski definition) is 4. The summed E-state index contributed by atoms with van der Waals surface area (Å²) in [6.45, 7) is 1.74. The van der Waals surface area contributed by atoms with Gasteiger partial charge in [0.1, 0.15) is 11.4 Å². The molecule has 1 aliphatic rings. The average molecular weight is 317 g/mol. The number of halogens is 1. The van der Waals surface area contributed by atoms with Gasteiger partial charge >= 0.3 is 0 Å². The molecule has 1 aromatic carbocycles. The van der Waals surface area contributed by atoms with Crippen LogP contribution in [0.4, 0.5) is 4.39 Å². The third-order valence-corrected chi connectivity index (χ3v) is 4.32. The Morgan fingerprint density at radius 1 is 1.39 bits per heavy atom. The zero-order chi connectivity index (χ0) is 16.3. The topological polar surface area (TPSA) is 68.0 Å². The fourth-order valence-electron chi connectivity index (χ4n) is 3.16. The first-order chi connectivity index (χ1) is 11.1. The lowest BCUT2D eigenvalue weighted by Crippen LogP contribution is -2.44. The molecule has 1 aliphatic carbocycles. The number of rotatable bonds is 5. The van der Waals surface area contributed by atoms with Crippen LogP contribution in [-0.4, -0.2) is 16.0 Å². The highest BCUT2D eigenvalue weighted by molar-refractivity contribution is 5.77. The third-order valence-electron chi connectivity index (χ3n) is 4.32. The van der Waals surface area contributed by atoms with Crippen molar-refractivity contribution in [2.75, 3.05) is 0 Å². The van der Waals surface area contributed by atoms with Gasteiger partial charge in [0.25, 0.3) is 0 Å². The van der Waals surface area contributed by atoms with E-state index < -0.39 is 5.54 Å². The molecule has 0 radical (unpaired) electrons. The largest absolute Gasteiger partial charge is 0.343 e. The maximum Gasteiger partial charge on any atom is 0.223 e. The van der Waals surface area contributed by atoms with Crippen molar-refractivity contribution in [1.29, 1.82) is 0 Å². The Balaban J connectivity index is 1.65. The number of aryl methyl sites for hydroxylation is 2. The van der Waals surface area contributed by atoms with Gasteiger partial charge in [-0.3, -0.25) is 4.79 Å². The maximum atomic E-state index is 13.2. The minimum absolute atomic E-state index is 0.0707. The molecule has 2 aromatic rings. The van der Waals surface area contributed by atoms with Crippen LogP contribution in [0.3, 0.4) is 0 Å². The Bertz CT molecular complexity index is 693. The van der Waals surface area contributed by atoms with Gasteiger partial charge in [-0.15, -0.1) is 0 Å². The lowest BCUT2D eigenvalue weighted by Gasteiger charge is -2.26. The molecule has 0 atom stereocenters. The van der Waals surface area contributed by atoms with Gasteiger partial charge in [-0.1, -0.05) is 30.1 Å². The van der Waals surface area contributed by atoms with Crippen molar-refractivity contribution in [3.63, 3.8) is 0 Å². The molecule has 0 bridgehead atoms. The highest BCUT2D eigenvalue weighted by atomic mass is 19.1. The van der Waals surface area contributed by atoms with E-state index in [-0.39, 0.29) is 11.7 Å². The van der Waals surface area contributed by atoms with E-state index in [0.29, 0.717) is 24.6 Å². The van der Waals surface area contributed by atoms with Crippen LogP contribution >= 0.6 is 0 Å². The van der Waals surface area contributed by atoms with Gasteiger partial charge < -0.3 is 9.84 Å². The molecule has 6 heteroatoms. The fourth-order valence-corrected chi connectivity index (χ4v) is 3.16. The number of hydrogen-bond donors (Lipinski definition) is 1. The predicted octanol–water partition coefficient (Wildman–Crippen LogP) is 3.04. The Morgan fingerprint density at radius 3 is 2.83 bits per heavy atom. The van der Waals surface area contributed by atoms with Gasteiger partial charge in [-0.2, -0.15) is 4.98 Å². The predicted molar refractivity (Wildman–Crippen MR) is 82.0 cm³/mol. The van der Waals surface area contributed by atoms with Crippen molar-refractivity contribution >= 4 is 5.91 Å². The van der Waals surface area contributed by atoms with Crippen molar-refractivity contribution in [2.45, 2.75) is 51.0 Å². The van der Waals surface area contributed by atoms with Gasteiger partial charge in [0.05, 0.1) is 0 Å². The van der Waals surface area contributed by atoms with Crippen LogP contribution in [0.15, 0.2) is 28.8 Å². The Kier molecular flexibility index (Phi) is 4.41. The summed E-state index contributed by atoms with van der Waals surface area (Å²) in [5, 5.41) is 7.09. The zero-order valence-electron chi connectivity index (χ0n) is 13.1. The summed E-state index contributed by atoms with van der Waals surface area (Å²) < 4.78 is 18.2. The summed E-state index contributed by atoms with van der Waals surface area (Å²) in [6, 6.07) is 6.34. The van der Waals surface area contributed by atoms with E-state index in [1.54, 1.807) is 13.0 Å². The normalized spacial score (nSPS) is 16.4. The number of carbonyl (C=O) groups excluding carboxylic acids is 1. The highest BCUT2D eigenvalue weighted by Gasteiger charge is 2.41. The van der Waals surface area contributed by atoms with E-state index in [0.717, 1.165) is 31.2 Å². The second-order valence-corrected chi connectivity index (χ2v) is 6.10. The average Bonchev–Trinajstić information content (AvgIpc) is 3.15. The van der Waals surface area contributed by atoms with Crippen molar-refractivity contribution in [3.8, 4) is 0 Å². The Morgan fingerprint density at radius 2 is 2.17 bits per heavy atom. The monoisotopic (exact) mass is 317 g/mol. The van der Waals surface area contributed by atoms with Crippen molar-refractivity contribution in [2.24, 2.45) is 0 Å². The van der Waals surface area contributed by atoms with Crippen LogP contribution in [0.5, 0.6) is 0 Å². The number of benzene rings is 1. The van der Waals surface area contributed by atoms with Crippen molar-refractivity contribution < 1.29 is 13.7 Å². The van der Waals surface area contributed by atoms with Gasteiger partial charge in [0.15, 0.2) is 5.82 Å². The maximum absolute atomic E-state index is 13.2. The first-order valence-electron chi connectivity index (χ1n) is 7.94. The molecular weight excluding hydrogens is 297 g/mol. The molecule has 122 valence electrons. The molecule has 0 spiro atoms. The molecule has 1 fully saturated rings. The lowest BCUT2D eigenvalue weighted by molar-refractivity contribution is -0.123. The van der Waals surface area contributed by atoms with E-state index in [4.69, 9.17) is 4.52 Å². The van der Waals surface area contributed by atoms with Gasteiger partial charge in [0, 0.05) is 13.3 Å². The van der Waals surface area contributed by atoms with E-state index in [1.165, 1.54) is 12.1 Å². The minimum Gasteiger partial charge on any atom is -0.343 e. The smallest absolute Gasteiger partial charge is 0.223 e. The Labute approximate surface area is 134 Å². The number of aromatic nitrogens is 2. The van der Waals surface area contributed by atoms with Crippen LogP contribution in [0, 0.1) is 12.7 Å². The second kappa shape index (κ2) is 6.48. The van der Waals surface area contributed by atoms with Crippen molar-refractivity contribution in [3.05, 3.63) is 47.4 Å². The zero-order valence-corrected chi connectivity index (χ0v) is 13.1. The molecule has 5 nitrogen and oxygen atoms in total. The molecule has 1 N–H and O–H groups in total. The summed E-state index contributed by atoms with van der Waals surface area (Å²) >= 11 is 0. The summed E-state index contributed by atoms with van der Waals surface area (Å²) in [7, 11) is 0. The molecule has 0 saturated heterocycles. The number of nitrogens with zero attached hydrogens (tertiary/aromatic N) is 2. The summed E-state index contributed by atoms with van der Waals surface area (Å²) in [4.78, 5) is 16.7. The van der Waals surface area contributed by atoms with Gasteiger partial charge in [-0.25, -0.2) is 4.39 Å². The standard InChI is InChI=1S/C17H20FN3O2/c1-12-19-16(21-23-12)17(9-2-3-10-17)20-15(22)8-7-13-5-4-6-14(18)11-13/h4-6,11H,2-3,7-10H2,1H3,(H,20,22). The first-order valence-corrected chi connectivity index (χ1v) is 7.94. The summed E-state index contributed by atoms with van der Waals surface area (Å²) in [5.41, 5.74) is 0.299. The fraction of sp³-hybridized carbons (Fsp3) is 0.471. The van der Waals surface area contributed by atoms with Crippen LogP contribution in [0.2, 0.25) is 0 Å². The number of amides is 1. The van der Waals surface area contributed by atoms with E-state index in [1.807, 2.05) is 6.07 Å². The third kappa shape index (κ3) is 3.57. The van der Waals surface area contributed by atoms with Crippen LogP contribution in [0.25, 0.3) is 0 Å². The quantitative estimate of drug-likeness (QED) is 0.920. The van der Waals surface area contributed by atoms with Gasteiger partial charge in [0.2, 0.25) is 11.8 Å². The number of carbonyl (C=O) groups is 1. The SMILES string of the molecule is Cc1nc(C2(NC(=O)CCc3cccc(F)c3)CCCC2)no1. The minimum atomic E-state index is -0.517.